The first-order valence-electron chi connectivity index (χ1n) is 7.07. The number of amides is 1. The molecule has 0 aliphatic carbocycles. The highest BCUT2D eigenvalue weighted by Gasteiger charge is 2.31. The summed E-state index contributed by atoms with van der Waals surface area (Å²) < 4.78 is 5.49. The van der Waals surface area contributed by atoms with E-state index in [1.807, 2.05) is 32.9 Å². The largest absolute Gasteiger partial charge is 0.444 e. The van der Waals surface area contributed by atoms with Crippen LogP contribution in [0.3, 0.4) is 0 Å². The summed E-state index contributed by atoms with van der Waals surface area (Å²) in [6.45, 7) is 12.3. The summed E-state index contributed by atoms with van der Waals surface area (Å²) in [5.41, 5.74) is 3.20. The number of carbonyl (C=O) groups is 1. The predicted octanol–water partition coefficient (Wildman–Crippen LogP) is 4.18. The van der Waals surface area contributed by atoms with Gasteiger partial charge in [-0.3, -0.25) is 0 Å². The van der Waals surface area contributed by atoms with Crippen LogP contribution in [0.4, 0.5) is 4.79 Å². The van der Waals surface area contributed by atoms with Crippen LogP contribution in [-0.4, -0.2) is 23.1 Å². The van der Waals surface area contributed by atoms with Crippen LogP contribution in [-0.2, 0) is 11.2 Å². The number of hydrogen-bond donors (Lipinski definition) is 0. The second kappa shape index (κ2) is 5.31. The van der Waals surface area contributed by atoms with Crippen molar-refractivity contribution in [1.29, 1.82) is 0 Å². The molecule has 0 saturated carbocycles. The monoisotopic (exact) mass is 273 g/mol. The highest BCUT2D eigenvalue weighted by Crippen LogP contribution is 2.32. The molecular formula is C17H23NO2. The van der Waals surface area contributed by atoms with Gasteiger partial charge >= 0.3 is 6.09 Å². The van der Waals surface area contributed by atoms with Gasteiger partial charge in [-0.2, -0.15) is 0 Å². The van der Waals surface area contributed by atoms with E-state index < -0.39 is 5.60 Å². The molecule has 0 radical (unpaired) electrons. The van der Waals surface area contributed by atoms with Crippen molar-refractivity contribution in [2.24, 2.45) is 0 Å². The second-order valence-electron chi connectivity index (χ2n) is 6.22. The zero-order chi connectivity index (χ0) is 14.9. The van der Waals surface area contributed by atoms with Crippen LogP contribution in [0.5, 0.6) is 0 Å². The van der Waals surface area contributed by atoms with E-state index in [0.717, 1.165) is 12.0 Å². The lowest BCUT2D eigenvalue weighted by atomic mass is 9.90. The molecule has 0 bridgehead atoms. The molecule has 0 saturated heterocycles. The Morgan fingerprint density at radius 3 is 2.75 bits per heavy atom. The summed E-state index contributed by atoms with van der Waals surface area (Å²) in [5.74, 6) is 0. The van der Waals surface area contributed by atoms with Gasteiger partial charge in [-0.25, -0.2) is 4.79 Å². The van der Waals surface area contributed by atoms with Crippen LogP contribution in [0, 0.1) is 0 Å². The zero-order valence-electron chi connectivity index (χ0n) is 12.8. The van der Waals surface area contributed by atoms with E-state index in [1.54, 1.807) is 4.90 Å². The molecule has 1 aromatic carbocycles. The van der Waals surface area contributed by atoms with E-state index in [4.69, 9.17) is 4.74 Å². The number of rotatable bonds is 1. The van der Waals surface area contributed by atoms with Gasteiger partial charge in [0.15, 0.2) is 0 Å². The first-order chi connectivity index (χ1) is 9.33. The van der Waals surface area contributed by atoms with Crippen LogP contribution < -0.4 is 0 Å². The normalized spacial score (nSPS) is 18.4. The van der Waals surface area contributed by atoms with E-state index >= 15 is 0 Å². The van der Waals surface area contributed by atoms with Gasteiger partial charge in [0.05, 0.1) is 6.04 Å². The Balaban J connectivity index is 2.26. The molecule has 1 aromatic rings. The number of hydrogen-bond acceptors (Lipinski definition) is 2. The molecular weight excluding hydrogens is 250 g/mol. The molecule has 0 aromatic heterocycles. The lowest BCUT2D eigenvalue weighted by molar-refractivity contribution is 0.0159. The van der Waals surface area contributed by atoms with Gasteiger partial charge in [0.2, 0.25) is 0 Å². The van der Waals surface area contributed by atoms with Crippen molar-refractivity contribution in [1.82, 2.24) is 4.90 Å². The van der Waals surface area contributed by atoms with E-state index in [2.05, 4.69) is 25.6 Å². The fourth-order valence-electron chi connectivity index (χ4n) is 2.66. The standard InChI is InChI=1S/C17H23NO2/c1-6-13-8-7-9-14-12(2)18(11-10-15(13)14)16(19)20-17(3,4)5/h6-9,12H,1,10-11H2,2-5H3. The average molecular weight is 273 g/mol. The van der Waals surface area contributed by atoms with Crippen molar-refractivity contribution in [2.45, 2.75) is 45.8 Å². The molecule has 1 heterocycles. The number of fused-ring (bicyclic) bond motifs is 1. The quantitative estimate of drug-likeness (QED) is 0.768. The van der Waals surface area contributed by atoms with Gasteiger partial charge in [-0.15, -0.1) is 0 Å². The minimum atomic E-state index is -0.458. The third-order valence-electron chi connectivity index (χ3n) is 3.62. The van der Waals surface area contributed by atoms with Crippen LogP contribution in [0.2, 0.25) is 0 Å². The number of nitrogens with zero attached hydrogens (tertiary/aromatic N) is 1. The minimum Gasteiger partial charge on any atom is -0.444 e. The number of ether oxygens (including phenoxy) is 1. The third kappa shape index (κ3) is 2.87. The highest BCUT2D eigenvalue weighted by atomic mass is 16.6. The maximum Gasteiger partial charge on any atom is 0.410 e. The van der Waals surface area contributed by atoms with Crippen molar-refractivity contribution in [3.8, 4) is 0 Å². The Labute approximate surface area is 121 Å². The van der Waals surface area contributed by atoms with Crippen molar-refractivity contribution in [2.75, 3.05) is 6.54 Å². The smallest absolute Gasteiger partial charge is 0.410 e. The molecule has 1 unspecified atom stereocenters. The Kier molecular flexibility index (Phi) is 3.89. The fraction of sp³-hybridized carbons (Fsp3) is 0.471. The number of carbonyl (C=O) groups excluding carboxylic acids is 1. The van der Waals surface area contributed by atoms with Gasteiger partial charge in [-0.1, -0.05) is 30.9 Å². The average Bonchev–Trinajstić information content (AvgIpc) is 2.36. The maximum absolute atomic E-state index is 12.3. The van der Waals surface area contributed by atoms with Gasteiger partial charge in [0.1, 0.15) is 5.60 Å². The molecule has 1 aliphatic rings. The van der Waals surface area contributed by atoms with Crippen LogP contribution in [0.25, 0.3) is 6.08 Å². The lowest BCUT2D eigenvalue weighted by Crippen LogP contribution is -2.42. The zero-order valence-corrected chi connectivity index (χ0v) is 12.8. The van der Waals surface area contributed by atoms with Gasteiger partial charge in [0, 0.05) is 6.54 Å². The first kappa shape index (κ1) is 14.6. The summed E-state index contributed by atoms with van der Waals surface area (Å²) in [6, 6.07) is 6.21. The molecule has 1 aliphatic heterocycles. The molecule has 0 N–H and O–H groups in total. The predicted molar refractivity (Wildman–Crippen MR) is 81.6 cm³/mol. The topological polar surface area (TPSA) is 29.5 Å². The summed E-state index contributed by atoms with van der Waals surface area (Å²) in [6.07, 6.45) is 2.50. The second-order valence-corrected chi connectivity index (χ2v) is 6.22. The molecule has 0 spiro atoms. The minimum absolute atomic E-state index is 0.0356. The molecule has 1 amide bonds. The third-order valence-corrected chi connectivity index (χ3v) is 3.62. The molecule has 3 nitrogen and oxygen atoms in total. The molecule has 20 heavy (non-hydrogen) atoms. The van der Waals surface area contributed by atoms with Crippen LogP contribution >= 0.6 is 0 Å². The van der Waals surface area contributed by atoms with Crippen molar-refractivity contribution in [3.05, 3.63) is 41.5 Å². The van der Waals surface area contributed by atoms with E-state index in [1.165, 1.54) is 11.1 Å². The van der Waals surface area contributed by atoms with E-state index in [0.29, 0.717) is 6.54 Å². The van der Waals surface area contributed by atoms with Gasteiger partial charge in [0.25, 0.3) is 0 Å². The lowest BCUT2D eigenvalue weighted by Gasteiger charge is -2.36. The van der Waals surface area contributed by atoms with Crippen molar-refractivity contribution >= 4 is 12.2 Å². The van der Waals surface area contributed by atoms with Gasteiger partial charge in [-0.05, 0) is 50.8 Å². The molecule has 3 heteroatoms. The van der Waals surface area contributed by atoms with Crippen LogP contribution in [0.15, 0.2) is 24.8 Å². The molecule has 2 rings (SSSR count). The van der Waals surface area contributed by atoms with E-state index in [-0.39, 0.29) is 12.1 Å². The van der Waals surface area contributed by atoms with E-state index in [9.17, 15) is 4.79 Å². The Morgan fingerprint density at radius 2 is 2.15 bits per heavy atom. The summed E-state index contributed by atoms with van der Waals surface area (Å²) in [7, 11) is 0. The Morgan fingerprint density at radius 1 is 1.45 bits per heavy atom. The highest BCUT2D eigenvalue weighted by molar-refractivity contribution is 5.70. The number of benzene rings is 1. The van der Waals surface area contributed by atoms with Crippen LogP contribution in [0.1, 0.15) is 50.4 Å². The molecule has 108 valence electrons. The van der Waals surface area contributed by atoms with Gasteiger partial charge < -0.3 is 9.64 Å². The Bertz CT molecular complexity index is 528. The Hall–Kier alpha value is -1.77. The maximum atomic E-state index is 12.3. The summed E-state index contributed by atoms with van der Waals surface area (Å²) >= 11 is 0. The molecule has 0 fully saturated rings. The SMILES string of the molecule is C=Cc1cccc2c1CCN(C(=O)OC(C)(C)C)C2C. The van der Waals surface area contributed by atoms with Crippen molar-refractivity contribution in [3.63, 3.8) is 0 Å². The first-order valence-corrected chi connectivity index (χ1v) is 7.07. The fourth-order valence-corrected chi connectivity index (χ4v) is 2.66. The summed E-state index contributed by atoms with van der Waals surface area (Å²) in [5, 5.41) is 0. The van der Waals surface area contributed by atoms with Crippen molar-refractivity contribution < 1.29 is 9.53 Å². The molecule has 1 atom stereocenters. The summed E-state index contributed by atoms with van der Waals surface area (Å²) in [4.78, 5) is 14.1.